The number of furan rings is 1. The first kappa shape index (κ1) is 17.1. The molecule has 0 bridgehead atoms. The first-order chi connectivity index (χ1) is 12.7. The third-order valence-corrected chi connectivity index (χ3v) is 3.54. The lowest BCUT2D eigenvalue weighted by Gasteiger charge is -2.13. The van der Waals surface area contributed by atoms with Crippen molar-refractivity contribution >= 4 is 23.2 Å². The minimum atomic E-state index is -0.384. The van der Waals surface area contributed by atoms with Gasteiger partial charge in [-0.1, -0.05) is 12.1 Å². The van der Waals surface area contributed by atoms with Crippen LogP contribution in [0.25, 0.3) is 0 Å². The predicted octanol–water partition coefficient (Wildman–Crippen LogP) is 2.03. The van der Waals surface area contributed by atoms with Crippen LogP contribution in [0.3, 0.4) is 0 Å². The second-order valence-corrected chi connectivity index (χ2v) is 5.20. The molecular formula is C17H18N6O3. The van der Waals surface area contributed by atoms with Gasteiger partial charge in [-0.15, -0.1) is 0 Å². The van der Waals surface area contributed by atoms with E-state index in [9.17, 15) is 4.79 Å². The van der Waals surface area contributed by atoms with Crippen LogP contribution >= 0.6 is 0 Å². The molecule has 9 nitrogen and oxygen atoms in total. The van der Waals surface area contributed by atoms with Crippen LogP contribution < -0.4 is 26.6 Å². The molecule has 0 radical (unpaired) electrons. The fourth-order valence-corrected chi connectivity index (χ4v) is 2.24. The van der Waals surface area contributed by atoms with Crippen molar-refractivity contribution in [1.82, 2.24) is 15.4 Å². The number of nitrogens with two attached hydrogens (primary N) is 1. The SMILES string of the molecule is COc1ccccc1C(=O)NNc1ncnc(NCc2ccco2)c1N. The van der Waals surface area contributed by atoms with Gasteiger partial charge >= 0.3 is 0 Å². The predicted molar refractivity (Wildman–Crippen MR) is 96.6 cm³/mol. The van der Waals surface area contributed by atoms with E-state index in [1.165, 1.54) is 13.4 Å². The summed E-state index contributed by atoms with van der Waals surface area (Å²) in [6, 6.07) is 10.5. The Balaban J connectivity index is 1.66. The number of ether oxygens (including phenoxy) is 1. The minimum Gasteiger partial charge on any atom is -0.496 e. The van der Waals surface area contributed by atoms with E-state index in [4.69, 9.17) is 14.9 Å². The van der Waals surface area contributed by atoms with Crippen LogP contribution in [0, 0.1) is 0 Å². The molecule has 0 fully saturated rings. The fraction of sp³-hybridized carbons (Fsp3) is 0.118. The summed E-state index contributed by atoms with van der Waals surface area (Å²) in [4.78, 5) is 20.4. The van der Waals surface area contributed by atoms with Crippen molar-refractivity contribution in [1.29, 1.82) is 0 Å². The third-order valence-electron chi connectivity index (χ3n) is 3.54. The Morgan fingerprint density at radius 1 is 1.19 bits per heavy atom. The van der Waals surface area contributed by atoms with Crippen molar-refractivity contribution in [3.05, 3.63) is 60.3 Å². The summed E-state index contributed by atoms with van der Waals surface area (Å²) >= 11 is 0. The zero-order valence-electron chi connectivity index (χ0n) is 14.0. The van der Waals surface area contributed by atoms with Gasteiger partial charge in [0.05, 0.1) is 25.5 Å². The zero-order chi connectivity index (χ0) is 18.4. The van der Waals surface area contributed by atoms with E-state index in [0.29, 0.717) is 23.7 Å². The van der Waals surface area contributed by atoms with Crippen molar-refractivity contribution in [2.45, 2.75) is 6.54 Å². The van der Waals surface area contributed by atoms with Crippen LogP contribution in [0.4, 0.5) is 17.3 Å². The quantitative estimate of drug-likeness (QED) is 0.475. The monoisotopic (exact) mass is 354 g/mol. The molecule has 134 valence electrons. The molecule has 0 spiro atoms. The second-order valence-electron chi connectivity index (χ2n) is 5.20. The number of nitrogens with one attached hydrogen (secondary N) is 3. The normalized spacial score (nSPS) is 10.2. The maximum atomic E-state index is 12.3. The Labute approximate surface area is 149 Å². The highest BCUT2D eigenvalue weighted by Gasteiger charge is 2.13. The molecule has 1 aromatic carbocycles. The largest absolute Gasteiger partial charge is 0.496 e. The van der Waals surface area contributed by atoms with E-state index < -0.39 is 0 Å². The van der Waals surface area contributed by atoms with Gasteiger partial charge in [0.2, 0.25) is 0 Å². The van der Waals surface area contributed by atoms with E-state index >= 15 is 0 Å². The number of rotatable bonds is 7. The van der Waals surface area contributed by atoms with Gasteiger partial charge in [-0.3, -0.25) is 15.6 Å². The number of nitrogen functional groups attached to an aromatic ring is 1. The van der Waals surface area contributed by atoms with Crippen LogP contribution in [0.15, 0.2) is 53.4 Å². The van der Waals surface area contributed by atoms with Crippen LogP contribution in [-0.4, -0.2) is 23.0 Å². The Bertz CT molecular complexity index is 882. The summed E-state index contributed by atoms with van der Waals surface area (Å²) in [6.07, 6.45) is 2.92. The van der Waals surface area contributed by atoms with Gasteiger partial charge in [0, 0.05) is 0 Å². The van der Waals surface area contributed by atoms with Crippen molar-refractivity contribution in [3.8, 4) is 5.75 Å². The van der Waals surface area contributed by atoms with E-state index in [0.717, 1.165) is 5.76 Å². The summed E-state index contributed by atoms with van der Waals surface area (Å²) in [7, 11) is 1.50. The van der Waals surface area contributed by atoms with Gasteiger partial charge in [-0.25, -0.2) is 9.97 Å². The number of benzene rings is 1. The molecule has 0 aliphatic heterocycles. The molecule has 0 atom stereocenters. The summed E-state index contributed by atoms with van der Waals surface area (Å²) < 4.78 is 10.4. The minimum absolute atomic E-state index is 0.263. The van der Waals surface area contributed by atoms with E-state index in [2.05, 4.69) is 26.1 Å². The molecule has 0 saturated carbocycles. The van der Waals surface area contributed by atoms with Crippen molar-refractivity contribution in [2.24, 2.45) is 0 Å². The van der Waals surface area contributed by atoms with Gasteiger partial charge in [0.1, 0.15) is 23.5 Å². The molecule has 1 amide bonds. The molecule has 0 aliphatic rings. The van der Waals surface area contributed by atoms with Gasteiger partial charge < -0.3 is 20.2 Å². The first-order valence-corrected chi connectivity index (χ1v) is 7.75. The van der Waals surface area contributed by atoms with Gasteiger partial charge in [0.25, 0.3) is 5.91 Å². The number of aromatic nitrogens is 2. The molecular weight excluding hydrogens is 336 g/mol. The molecule has 3 rings (SSSR count). The average Bonchev–Trinajstić information content (AvgIpc) is 3.19. The highest BCUT2D eigenvalue weighted by Crippen LogP contribution is 2.23. The Morgan fingerprint density at radius 3 is 2.77 bits per heavy atom. The molecule has 0 saturated heterocycles. The molecule has 2 heterocycles. The number of para-hydroxylation sites is 1. The number of amides is 1. The van der Waals surface area contributed by atoms with Gasteiger partial charge in [-0.05, 0) is 24.3 Å². The van der Waals surface area contributed by atoms with Crippen LogP contribution in [0.2, 0.25) is 0 Å². The van der Waals surface area contributed by atoms with Gasteiger partial charge in [-0.2, -0.15) is 0 Å². The Morgan fingerprint density at radius 2 is 2.00 bits per heavy atom. The second kappa shape index (κ2) is 7.88. The van der Waals surface area contributed by atoms with Crippen LogP contribution in [0.1, 0.15) is 16.1 Å². The topological polar surface area (TPSA) is 127 Å². The summed E-state index contributed by atoms with van der Waals surface area (Å²) in [5.74, 6) is 1.51. The lowest BCUT2D eigenvalue weighted by Crippen LogP contribution is -2.30. The van der Waals surface area contributed by atoms with Crippen LogP contribution in [-0.2, 0) is 6.54 Å². The molecule has 9 heteroatoms. The zero-order valence-corrected chi connectivity index (χ0v) is 14.0. The number of anilines is 3. The molecule has 5 N–H and O–H groups in total. The molecule has 0 aliphatic carbocycles. The molecule has 3 aromatic rings. The van der Waals surface area contributed by atoms with Crippen LogP contribution in [0.5, 0.6) is 5.75 Å². The first-order valence-electron chi connectivity index (χ1n) is 7.75. The smallest absolute Gasteiger partial charge is 0.273 e. The molecule has 2 aromatic heterocycles. The average molecular weight is 354 g/mol. The lowest BCUT2D eigenvalue weighted by molar-refractivity contribution is 0.0959. The maximum Gasteiger partial charge on any atom is 0.273 e. The molecule has 26 heavy (non-hydrogen) atoms. The highest BCUT2D eigenvalue weighted by molar-refractivity contribution is 5.97. The van der Waals surface area contributed by atoms with Crippen molar-refractivity contribution < 1.29 is 13.9 Å². The Kier molecular flexibility index (Phi) is 5.18. The highest BCUT2D eigenvalue weighted by atomic mass is 16.5. The standard InChI is InChI=1S/C17H18N6O3/c1-25-13-7-3-2-6-12(13)17(24)23-22-16-14(18)15(20-10-21-16)19-9-11-5-4-8-26-11/h2-8,10H,9,18H2,1H3,(H,23,24)(H2,19,20,21,22). The lowest BCUT2D eigenvalue weighted by atomic mass is 10.2. The number of hydrogen-bond donors (Lipinski definition) is 4. The summed E-state index contributed by atoms with van der Waals surface area (Å²) in [5, 5.41) is 3.05. The Hall–Kier alpha value is -3.75. The third kappa shape index (κ3) is 3.83. The van der Waals surface area contributed by atoms with Gasteiger partial charge in [0.15, 0.2) is 11.6 Å². The van der Waals surface area contributed by atoms with E-state index in [1.807, 2.05) is 6.07 Å². The fourth-order valence-electron chi connectivity index (χ4n) is 2.24. The van der Waals surface area contributed by atoms with E-state index in [-0.39, 0.29) is 17.4 Å². The summed E-state index contributed by atoms with van der Waals surface area (Å²) in [5.41, 5.74) is 11.9. The molecule has 0 unspecified atom stereocenters. The number of methoxy groups -OCH3 is 1. The summed E-state index contributed by atoms with van der Waals surface area (Å²) in [6.45, 7) is 0.418. The van der Waals surface area contributed by atoms with Crippen molar-refractivity contribution in [3.63, 3.8) is 0 Å². The number of nitrogens with zero attached hydrogens (tertiary/aromatic N) is 2. The number of carbonyl (C=O) groups is 1. The maximum absolute atomic E-state index is 12.3. The van der Waals surface area contributed by atoms with E-state index in [1.54, 1.807) is 36.6 Å². The number of carbonyl (C=O) groups excluding carboxylic acids is 1. The number of hydrogen-bond acceptors (Lipinski definition) is 8. The van der Waals surface area contributed by atoms with Crippen molar-refractivity contribution in [2.75, 3.05) is 23.6 Å². The number of hydrazine groups is 1.